The van der Waals surface area contributed by atoms with Gasteiger partial charge in [0.05, 0.1) is 17.9 Å². The van der Waals surface area contributed by atoms with Crippen LogP contribution in [0.4, 0.5) is 4.39 Å². The molecule has 0 saturated heterocycles. The third-order valence-corrected chi connectivity index (χ3v) is 1.74. The summed E-state index contributed by atoms with van der Waals surface area (Å²) in [5, 5.41) is 0.639. The highest BCUT2D eigenvalue weighted by Gasteiger charge is 2.03. The average Bonchev–Trinajstić information content (AvgIpc) is 2.34. The Kier molecular flexibility index (Phi) is 1.18. The molecular weight excluding hydrogens is 143 g/mol. The number of nitrogens with one attached hydrogen (secondary N) is 1. The predicted molar refractivity (Wildman–Crippen MR) is 40.8 cm³/mol. The molecule has 0 fully saturated rings. The Balaban J connectivity index is 2.96. The first-order valence-electron chi connectivity index (χ1n) is 3.36. The Bertz CT molecular complexity index is 392. The maximum Gasteiger partial charge on any atom is 0.151 e. The van der Waals surface area contributed by atoms with E-state index in [-0.39, 0.29) is 5.82 Å². The van der Waals surface area contributed by atoms with Crippen LogP contribution in [-0.4, -0.2) is 9.97 Å². The molecule has 0 atom stereocenters. The van der Waals surface area contributed by atoms with Crippen LogP contribution in [0, 0.1) is 12.7 Å². The van der Waals surface area contributed by atoms with E-state index in [9.17, 15) is 4.39 Å². The lowest BCUT2D eigenvalue weighted by Gasteiger charge is -1.91. The fraction of sp³-hybridized carbons (Fsp3) is 0.125. The quantitative estimate of drug-likeness (QED) is 0.611. The second-order valence-electron chi connectivity index (χ2n) is 2.52. The number of rotatable bonds is 0. The number of hydrogen-bond donors (Lipinski definition) is 1. The number of H-pyrrole nitrogens is 1. The molecule has 56 valence electrons. The van der Waals surface area contributed by atoms with Gasteiger partial charge >= 0.3 is 0 Å². The Morgan fingerprint density at radius 3 is 3.00 bits per heavy atom. The minimum atomic E-state index is -0.263. The van der Waals surface area contributed by atoms with Crippen molar-refractivity contribution < 1.29 is 4.39 Å². The minimum absolute atomic E-state index is 0.263. The summed E-state index contributed by atoms with van der Waals surface area (Å²) in [5.41, 5.74) is 1.67. The van der Waals surface area contributed by atoms with Gasteiger partial charge in [-0.1, -0.05) is 0 Å². The first-order valence-corrected chi connectivity index (χ1v) is 3.36. The third kappa shape index (κ3) is 0.808. The first kappa shape index (κ1) is 6.34. The Labute approximate surface area is 63.1 Å². The van der Waals surface area contributed by atoms with E-state index >= 15 is 0 Å². The van der Waals surface area contributed by atoms with Gasteiger partial charge in [0.1, 0.15) is 0 Å². The first-order chi connectivity index (χ1) is 5.29. The van der Waals surface area contributed by atoms with Crippen molar-refractivity contribution in [1.82, 2.24) is 9.97 Å². The van der Waals surface area contributed by atoms with E-state index in [1.807, 2.05) is 6.92 Å². The molecule has 2 heterocycles. The molecule has 2 aromatic rings. The molecule has 3 heteroatoms. The number of pyridine rings is 1. The standard InChI is InChI=1S/C8H7FN2/c1-5-2-11-7-4-10-3-6(9)8(5)7/h2-4,11H,1H3. The monoisotopic (exact) mass is 150 g/mol. The van der Waals surface area contributed by atoms with Gasteiger partial charge in [-0.15, -0.1) is 0 Å². The Morgan fingerprint density at radius 1 is 1.45 bits per heavy atom. The van der Waals surface area contributed by atoms with E-state index in [2.05, 4.69) is 9.97 Å². The van der Waals surface area contributed by atoms with Crippen molar-refractivity contribution in [3.05, 3.63) is 30.0 Å². The van der Waals surface area contributed by atoms with Gasteiger partial charge in [0.15, 0.2) is 5.82 Å². The molecule has 0 amide bonds. The maximum atomic E-state index is 13.0. The van der Waals surface area contributed by atoms with Crippen molar-refractivity contribution in [2.75, 3.05) is 0 Å². The minimum Gasteiger partial charge on any atom is -0.360 e. The molecule has 2 rings (SSSR count). The highest BCUT2D eigenvalue weighted by Crippen LogP contribution is 2.18. The van der Waals surface area contributed by atoms with Crippen LogP contribution in [0.25, 0.3) is 10.9 Å². The number of aromatic amines is 1. The van der Waals surface area contributed by atoms with Gasteiger partial charge in [0, 0.05) is 11.6 Å². The van der Waals surface area contributed by atoms with Crippen molar-refractivity contribution in [3.8, 4) is 0 Å². The summed E-state index contributed by atoms with van der Waals surface area (Å²) in [6, 6.07) is 0. The van der Waals surface area contributed by atoms with Gasteiger partial charge < -0.3 is 4.98 Å². The summed E-state index contributed by atoms with van der Waals surface area (Å²) in [5.74, 6) is -0.263. The van der Waals surface area contributed by atoms with Crippen LogP contribution in [-0.2, 0) is 0 Å². The zero-order valence-corrected chi connectivity index (χ0v) is 6.06. The smallest absolute Gasteiger partial charge is 0.151 e. The van der Waals surface area contributed by atoms with Crippen LogP contribution in [0.1, 0.15) is 5.56 Å². The second-order valence-corrected chi connectivity index (χ2v) is 2.52. The van der Waals surface area contributed by atoms with Crippen molar-refractivity contribution >= 4 is 10.9 Å². The lowest BCUT2D eigenvalue weighted by Crippen LogP contribution is -1.79. The molecule has 0 bridgehead atoms. The highest BCUT2D eigenvalue weighted by atomic mass is 19.1. The molecule has 0 aliphatic rings. The maximum absolute atomic E-state index is 13.0. The summed E-state index contributed by atoms with van der Waals surface area (Å²) in [7, 11) is 0. The van der Waals surface area contributed by atoms with Crippen LogP contribution < -0.4 is 0 Å². The van der Waals surface area contributed by atoms with Crippen LogP contribution in [0.5, 0.6) is 0 Å². The van der Waals surface area contributed by atoms with Gasteiger partial charge in [-0.3, -0.25) is 4.98 Å². The van der Waals surface area contributed by atoms with E-state index < -0.39 is 0 Å². The van der Waals surface area contributed by atoms with Gasteiger partial charge in [0.2, 0.25) is 0 Å². The number of aryl methyl sites for hydroxylation is 1. The predicted octanol–water partition coefficient (Wildman–Crippen LogP) is 2.01. The second kappa shape index (κ2) is 2.05. The molecule has 0 spiro atoms. The molecule has 0 aromatic carbocycles. The molecule has 0 aliphatic heterocycles. The lowest BCUT2D eigenvalue weighted by atomic mass is 10.2. The largest absolute Gasteiger partial charge is 0.360 e. The van der Waals surface area contributed by atoms with Gasteiger partial charge in [0.25, 0.3) is 0 Å². The van der Waals surface area contributed by atoms with Gasteiger partial charge in [-0.05, 0) is 12.5 Å². The summed E-state index contributed by atoms with van der Waals surface area (Å²) < 4.78 is 13.0. The van der Waals surface area contributed by atoms with Crippen molar-refractivity contribution in [2.45, 2.75) is 6.92 Å². The van der Waals surface area contributed by atoms with Gasteiger partial charge in [-0.25, -0.2) is 4.39 Å². The zero-order valence-electron chi connectivity index (χ0n) is 6.06. The molecule has 0 saturated carbocycles. The Hall–Kier alpha value is -1.38. The number of hydrogen-bond acceptors (Lipinski definition) is 1. The van der Waals surface area contributed by atoms with E-state index in [1.54, 1.807) is 12.4 Å². The topological polar surface area (TPSA) is 28.7 Å². The van der Waals surface area contributed by atoms with Crippen molar-refractivity contribution in [1.29, 1.82) is 0 Å². The molecule has 2 nitrogen and oxygen atoms in total. The van der Waals surface area contributed by atoms with Crippen LogP contribution >= 0.6 is 0 Å². The number of fused-ring (bicyclic) bond motifs is 1. The molecule has 11 heavy (non-hydrogen) atoms. The van der Waals surface area contributed by atoms with Crippen LogP contribution in [0.2, 0.25) is 0 Å². The lowest BCUT2D eigenvalue weighted by molar-refractivity contribution is 0.633. The Morgan fingerprint density at radius 2 is 2.27 bits per heavy atom. The third-order valence-electron chi connectivity index (χ3n) is 1.74. The van der Waals surface area contributed by atoms with E-state index in [4.69, 9.17) is 0 Å². The molecule has 2 aromatic heterocycles. The van der Waals surface area contributed by atoms with Crippen LogP contribution in [0.15, 0.2) is 18.6 Å². The number of aromatic nitrogens is 2. The molecule has 0 unspecified atom stereocenters. The SMILES string of the molecule is Cc1c[nH]c2cncc(F)c12. The fourth-order valence-electron chi connectivity index (χ4n) is 1.20. The summed E-state index contributed by atoms with van der Waals surface area (Å²) in [6.45, 7) is 1.86. The summed E-state index contributed by atoms with van der Waals surface area (Å²) >= 11 is 0. The molecule has 0 radical (unpaired) electrons. The zero-order chi connectivity index (χ0) is 7.84. The van der Waals surface area contributed by atoms with E-state index in [0.29, 0.717) is 5.39 Å². The summed E-state index contributed by atoms with van der Waals surface area (Å²) in [6.07, 6.45) is 4.62. The van der Waals surface area contributed by atoms with Crippen molar-refractivity contribution in [2.24, 2.45) is 0 Å². The molecule has 0 aliphatic carbocycles. The van der Waals surface area contributed by atoms with Crippen LogP contribution in [0.3, 0.4) is 0 Å². The highest BCUT2D eigenvalue weighted by molar-refractivity contribution is 5.82. The number of halogens is 1. The molecular formula is C8H7FN2. The molecule has 1 N–H and O–H groups in total. The van der Waals surface area contributed by atoms with Gasteiger partial charge in [-0.2, -0.15) is 0 Å². The van der Waals surface area contributed by atoms with E-state index in [0.717, 1.165) is 11.1 Å². The average molecular weight is 150 g/mol. The number of nitrogens with zero attached hydrogens (tertiary/aromatic N) is 1. The summed E-state index contributed by atoms with van der Waals surface area (Å²) in [4.78, 5) is 6.65. The normalized spacial score (nSPS) is 10.7. The van der Waals surface area contributed by atoms with E-state index in [1.165, 1.54) is 6.20 Å². The fourth-order valence-corrected chi connectivity index (χ4v) is 1.20. The van der Waals surface area contributed by atoms with Crippen molar-refractivity contribution in [3.63, 3.8) is 0 Å².